The van der Waals surface area contributed by atoms with E-state index in [-0.39, 0.29) is 5.56 Å². The molecule has 5 nitrogen and oxygen atoms in total. The van der Waals surface area contributed by atoms with Gasteiger partial charge < -0.3 is 10.2 Å². The second-order valence-electron chi connectivity index (χ2n) is 3.18. The lowest BCUT2D eigenvalue weighted by Gasteiger charge is -2.18. The predicted molar refractivity (Wildman–Crippen MR) is 43.5 cm³/mol. The molecule has 0 aliphatic carbocycles. The second-order valence-corrected chi connectivity index (χ2v) is 3.18. The Bertz CT molecular complexity index is 345. The lowest BCUT2D eigenvalue weighted by Crippen LogP contribution is -2.24. The average Bonchev–Trinajstić information content (AvgIpc) is 2.46. The molecule has 70 valence electrons. The van der Waals surface area contributed by atoms with Gasteiger partial charge in [-0.2, -0.15) is 5.10 Å². The Kier molecular flexibility index (Phi) is 1.81. The molecule has 1 unspecified atom stereocenters. The van der Waals surface area contributed by atoms with E-state index < -0.39 is 12.1 Å². The molecular formula is C8H10N2O3. The summed E-state index contributed by atoms with van der Waals surface area (Å²) in [4.78, 5) is 10.7. The summed E-state index contributed by atoms with van der Waals surface area (Å²) in [5.74, 6) is -0.977. The molecule has 2 N–H and O–H groups in total. The van der Waals surface area contributed by atoms with Gasteiger partial charge in [0.1, 0.15) is 5.56 Å². The molecule has 1 aliphatic rings. The number of aliphatic hydroxyl groups is 1. The minimum Gasteiger partial charge on any atom is -0.478 e. The van der Waals surface area contributed by atoms with Gasteiger partial charge in [-0.15, -0.1) is 0 Å². The second kappa shape index (κ2) is 2.85. The van der Waals surface area contributed by atoms with E-state index in [1.807, 2.05) is 0 Å². The number of carbonyl (C=O) groups is 1. The number of fused-ring (bicyclic) bond motifs is 1. The van der Waals surface area contributed by atoms with E-state index in [1.165, 1.54) is 6.20 Å². The summed E-state index contributed by atoms with van der Waals surface area (Å²) in [6.07, 6.45) is 1.95. The van der Waals surface area contributed by atoms with Gasteiger partial charge in [-0.05, 0) is 6.42 Å². The largest absolute Gasteiger partial charge is 0.478 e. The summed E-state index contributed by atoms with van der Waals surface area (Å²) >= 11 is 0. The van der Waals surface area contributed by atoms with Crippen molar-refractivity contribution in [1.29, 1.82) is 0 Å². The topological polar surface area (TPSA) is 75.3 Å². The van der Waals surface area contributed by atoms with Crippen molar-refractivity contribution in [3.63, 3.8) is 0 Å². The summed E-state index contributed by atoms with van der Waals surface area (Å²) in [5, 5.41) is 22.1. The van der Waals surface area contributed by atoms with Crippen LogP contribution in [0, 0.1) is 0 Å². The van der Waals surface area contributed by atoms with Crippen LogP contribution in [0.4, 0.5) is 0 Å². The highest BCUT2D eigenvalue weighted by Gasteiger charge is 2.23. The number of carboxylic acids is 1. The van der Waals surface area contributed by atoms with E-state index in [2.05, 4.69) is 5.10 Å². The van der Waals surface area contributed by atoms with Crippen molar-refractivity contribution in [1.82, 2.24) is 9.78 Å². The highest BCUT2D eigenvalue weighted by Crippen LogP contribution is 2.18. The van der Waals surface area contributed by atoms with Crippen molar-refractivity contribution in [2.24, 2.45) is 0 Å². The molecule has 0 bridgehead atoms. The molecule has 1 aromatic rings. The van der Waals surface area contributed by atoms with Crippen molar-refractivity contribution < 1.29 is 15.0 Å². The lowest BCUT2D eigenvalue weighted by molar-refractivity contribution is 0.0693. The maximum absolute atomic E-state index is 10.7. The van der Waals surface area contributed by atoms with Gasteiger partial charge in [0.15, 0.2) is 0 Å². The van der Waals surface area contributed by atoms with Crippen LogP contribution >= 0.6 is 0 Å². The molecule has 5 heteroatoms. The normalized spacial score (nSPS) is 21.2. The van der Waals surface area contributed by atoms with Crippen LogP contribution in [0.1, 0.15) is 22.5 Å². The van der Waals surface area contributed by atoms with Gasteiger partial charge in [-0.25, -0.2) is 4.79 Å². The molecule has 13 heavy (non-hydrogen) atoms. The van der Waals surface area contributed by atoms with E-state index in [1.54, 1.807) is 4.68 Å². The number of aliphatic hydroxyl groups excluding tert-OH is 1. The fourth-order valence-corrected chi connectivity index (χ4v) is 1.59. The Balaban J connectivity index is 2.41. The summed E-state index contributed by atoms with van der Waals surface area (Å²) in [6.45, 7) is 0.601. The lowest BCUT2D eigenvalue weighted by atomic mass is 10.0. The summed E-state index contributed by atoms with van der Waals surface area (Å²) in [7, 11) is 0. The molecular weight excluding hydrogens is 172 g/mol. The van der Waals surface area contributed by atoms with E-state index in [0.717, 1.165) is 0 Å². The minimum atomic E-state index is -0.977. The van der Waals surface area contributed by atoms with Crippen LogP contribution in [0.25, 0.3) is 0 Å². The number of carboxylic acid groups (broad SMARTS) is 1. The smallest absolute Gasteiger partial charge is 0.339 e. The van der Waals surface area contributed by atoms with Gasteiger partial charge in [0.2, 0.25) is 0 Å². The Morgan fingerprint density at radius 2 is 2.46 bits per heavy atom. The third-order valence-corrected chi connectivity index (χ3v) is 2.28. The standard InChI is InChI=1S/C8H10N2O3/c11-5-1-2-10-7(3-5)6(4-9-10)8(12)13/h4-5,11H,1-3H2,(H,12,13). The van der Waals surface area contributed by atoms with E-state index >= 15 is 0 Å². The first-order valence-electron chi connectivity index (χ1n) is 4.14. The molecule has 0 fully saturated rings. The maximum atomic E-state index is 10.7. The number of hydrogen-bond donors (Lipinski definition) is 2. The number of rotatable bonds is 1. The molecule has 1 atom stereocenters. The van der Waals surface area contributed by atoms with Gasteiger partial charge in [-0.1, -0.05) is 0 Å². The molecule has 0 aromatic carbocycles. The van der Waals surface area contributed by atoms with Crippen molar-refractivity contribution in [3.8, 4) is 0 Å². The number of aromatic carboxylic acids is 1. The van der Waals surface area contributed by atoms with Crippen LogP contribution in [-0.2, 0) is 13.0 Å². The number of hydrogen-bond acceptors (Lipinski definition) is 3. The van der Waals surface area contributed by atoms with Gasteiger partial charge in [0.25, 0.3) is 0 Å². The molecule has 1 aromatic heterocycles. The summed E-state index contributed by atoms with van der Waals surface area (Å²) in [6, 6.07) is 0. The first-order chi connectivity index (χ1) is 6.18. The number of aromatic nitrogens is 2. The average molecular weight is 182 g/mol. The summed E-state index contributed by atoms with van der Waals surface area (Å²) in [5.41, 5.74) is 0.838. The van der Waals surface area contributed by atoms with Crippen LogP contribution in [0.5, 0.6) is 0 Å². The van der Waals surface area contributed by atoms with Crippen LogP contribution in [0.15, 0.2) is 6.20 Å². The zero-order valence-electron chi connectivity index (χ0n) is 6.97. The van der Waals surface area contributed by atoms with Crippen molar-refractivity contribution in [3.05, 3.63) is 17.5 Å². The van der Waals surface area contributed by atoms with E-state index in [9.17, 15) is 9.90 Å². The Hall–Kier alpha value is -1.36. The van der Waals surface area contributed by atoms with E-state index in [4.69, 9.17) is 5.11 Å². The molecule has 0 amide bonds. The SMILES string of the molecule is O=C(O)c1cnn2c1CC(O)CC2. The van der Waals surface area contributed by atoms with Crippen LogP contribution < -0.4 is 0 Å². The van der Waals surface area contributed by atoms with Gasteiger partial charge in [0.05, 0.1) is 18.0 Å². The van der Waals surface area contributed by atoms with Crippen LogP contribution in [-0.4, -0.2) is 32.1 Å². The van der Waals surface area contributed by atoms with Gasteiger partial charge >= 0.3 is 5.97 Å². The molecule has 2 heterocycles. The van der Waals surface area contributed by atoms with Gasteiger partial charge in [-0.3, -0.25) is 4.68 Å². The fourth-order valence-electron chi connectivity index (χ4n) is 1.59. The molecule has 2 rings (SSSR count). The van der Waals surface area contributed by atoms with E-state index in [0.29, 0.717) is 25.1 Å². The monoisotopic (exact) mass is 182 g/mol. The zero-order chi connectivity index (χ0) is 9.42. The quantitative estimate of drug-likeness (QED) is 0.635. The van der Waals surface area contributed by atoms with Crippen molar-refractivity contribution in [2.45, 2.75) is 25.5 Å². The Morgan fingerprint density at radius 3 is 3.15 bits per heavy atom. The number of nitrogens with zero attached hydrogens (tertiary/aromatic N) is 2. The Morgan fingerprint density at radius 1 is 1.69 bits per heavy atom. The van der Waals surface area contributed by atoms with Crippen molar-refractivity contribution in [2.75, 3.05) is 0 Å². The van der Waals surface area contributed by atoms with Gasteiger partial charge in [0, 0.05) is 13.0 Å². The molecule has 0 radical (unpaired) electrons. The molecule has 0 spiro atoms. The molecule has 0 saturated heterocycles. The molecule has 1 aliphatic heterocycles. The molecule has 0 saturated carbocycles. The first kappa shape index (κ1) is 8.25. The summed E-state index contributed by atoms with van der Waals surface area (Å²) < 4.78 is 1.65. The first-order valence-corrected chi connectivity index (χ1v) is 4.14. The highest BCUT2D eigenvalue weighted by molar-refractivity contribution is 5.88. The fraction of sp³-hybridized carbons (Fsp3) is 0.500. The predicted octanol–water partition coefficient (Wildman–Crippen LogP) is -0.112. The third kappa shape index (κ3) is 1.31. The maximum Gasteiger partial charge on any atom is 0.339 e. The zero-order valence-corrected chi connectivity index (χ0v) is 6.97. The van der Waals surface area contributed by atoms with Crippen LogP contribution in [0.2, 0.25) is 0 Å². The van der Waals surface area contributed by atoms with Crippen LogP contribution in [0.3, 0.4) is 0 Å². The van der Waals surface area contributed by atoms with Crippen molar-refractivity contribution >= 4 is 5.97 Å². The number of aryl methyl sites for hydroxylation is 1. The Labute approximate surface area is 74.6 Å². The highest BCUT2D eigenvalue weighted by atomic mass is 16.4. The third-order valence-electron chi connectivity index (χ3n) is 2.28. The minimum absolute atomic E-state index is 0.207.